The Morgan fingerprint density at radius 3 is 2.67 bits per heavy atom. The van der Waals surface area contributed by atoms with Crippen molar-refractivity contribution in [2.24, 2.45) is 5.92 Å². The van der Waals surface area contributed by atoms with E-state index < -0.39 is 0 Å². The molecule has 0 bridgehead atoms. The molecule has 2 rings (SSSR count). The molecular formula is C12H19NO2. The molecule has 2 saturated heterocycles. The summed E-state index contributed by atoms with van der Waals surface area (Å²) in [5.74, 6) is 0.308. The van der Waals surface area contributed by atoms with E-state index in [0.717, 1.165) is 38.4 Å². The maximum absolute atomic E-state index is 12.1. The zero-order chi connectivity index (χ0) is 10.8. The second-order valence-corrected chi connectivity index (χ2v) is 4.87. The Labute approximate surface area is 90.8 Å². The molecule has 0 N–H and O–H groups in total. The van der Waals surface area contributed by atoms with Crippen LogP contribution in [-0.4, -0.2) is 29.2 Å². The van der Waals surface area contributed by atoms with E-state index in [2.05, 4.69) is 0 Å². The molecule has 0 radical (unpaired) electrons. The van der Waals surface area contributed by atoms with E-state index in [1.165, 1.54) is 6.42 Å². The van der Waals surface area contributed by atoms with Crippen LogP contribution in [0.2, 0.25) is 0 Å². The van der Waals surface area contributed by atoms with Gasteiger partial charge in [0.15, 0.2) is 0 Å². The molecule has 2 aliphatic rings. The molecule has 0 spiro atoms. The first-order chi connectivity index (χ1) is 7.24. The highest BCUT2D eigenvalue weighted by molar-refractivity contribution is 5.82. The summed E-state index contributed by atoms with van der Waals surface area (Å²) in [4.78, 5) is 24.9. The highest BCUT2D eigenvalue weighted by Crippen LogP contribution is 2.31. The Bertz CT molecular complexity index is 264. The van der Waals surface area contributed by atoms with Crippen LogP contribution in [0.25, 0.3) is 0 Å². The third kappa shape index (κ3) is 1.92. The highest BCUT2D eigenvalue weighted by Gasteiger charge is 2.38. The molecule has 2 aliphatic heterocycles. The minimum Gasteiger partial charge on any atom is -0.330 e. The standard InChI is InChI=1S/C12H19NO2/c1-9-4-2-3-5-10-6-7-11(8-14)13(10)12(9)15/h8-11H,2-7H2,1H3/t9-,10-,11-/m0/s1. The molecule has 3 atom stereocenters. The van der Waals surface area contributed by atoms with Crippen molar-refractivity contribution in [3.05, 3.63) is 0 Å². The Morgan fingerprint density at radius 2 is 1.93 bits per heavy atom. The van der Waals surface area contributed by atoms with E-state index in [4.69, 9.17) is 0 Å². The maximum Gasteiger partial charge on any atom is 0.226 e. The SMILES string of the molecule is C[C@H]1CCCC[C@H]2CC[C@@H](C=O)N2C1=O. The number of carbonyl (C=O) groups excluding carboxylic acids is 2. The van der Waals surface area contributed by atoms with Gasteiger partial charge < -0.3 is 9.69 Å². The van der Waals surface area contributed by atoms with Gasteiger partial charge in [-0.25, -0.2) is 0 Å². The van der Waals surface area contributed by atoms with Gasteiger partial charge in [0.25, 0.3) is 0 Å². The van der Waals surface area contributed by atoms with Crippen LogP contribution in [0.5, 0.6) is 0 Å². The second-order valence-electron chi connectivity index (χ2n) is 4.87. The van der Waals surface area contributed by atoms with E-state index >= 15 is 0 Å². The number of aldehydes is 1. The van der Waals surface area contributed by atoms with Crippen LogP contribution in [-0.2, 0) is 9.59 Å². The molecule has 0 aromatic heterocycles. The van der Waals surface area contributed by atoms with Gasteiger partial charge in [-0.2, -0.15) is 0 Å². The molecule has 0 aliphatic carbocycles. The lowest BCUT2D eigenvalue weighted by Crippen LogP contribution is -2.45. The van der Waals surface area contributed by atoms with E-state index in [-0.39, 0.29) is 17.9 Å². The van der Waals surface area contributed by atoms with Gasteiger partial charge in [-0.05, 0) is 25.7 Å². The predicted octanol–water partition coefficient (Wildman–Crippen LogP) is 1.75. The number of hydrogen-bond acceptors (Lipinski definition) is 2. The Kier molecular flexibility index (Phi) is 3.08. The number of fused-ring (bicyclic) bond motifs is 1. The average molecular weight is 209 g/mol. The summed E-state index contributed by atoms with van der Waals surface area (Å²) in [7, 11) is 0. The Hall–Kier alpha value is -0.860. The summed E-state index contributed by atoms with van der Waals surface area (Å²) in [6, 6.07) is 0.207. The lowest BCUT2D eigenvalue weighted by Gasteiger charge is -2.32. The van der Waals surface area contributed by atoms with Crippen molar-refractivity contribution >= 4 is 12.2 Å². The molecular weight excluding hydrogens is 190 g/mol. The van der Waals surface area contributed by atoms with Gasteiger partial charge in [-0.3, -0.25) is 4.79 Å². The van der Waals surface area contributed by atoms with Crippen LogP contribution in [0, 0.1) is 5.92 Å². The van der Waals surface area contributed by atoms with Gasteiger partial charge in [0.2, 0.25) is 5.91 Å². The van der Waals surface area contributed by atoms with Crippen LogP contribution in [0.15, 0.2) is 0 Å². The third-order valence-corrected chi connectivity index (χ3v) is 3.80. The van der Waals surface area contributed by atoms with Crippen molar-refractivity contribution in [3.8, 4) is 0 Å². The topological polar surface area (TPSA) is 37.4 Å². The molecule has 0 saturated carbocycles. The molecule has 1 amide bonds. The normalized spacial score (nSPS) is 37.0. The van der Waals surface area contributed by atoms with Crippen molar-refractivity contribution in [2.75, 3.05) is 0 Å². The first-order valence-electron chi connectivity index (χ1n) is 6.01. The molecule has 2 fully saturated rings. The van der Waals surface area contributed by atoms with Crippen molar-refractivity contribution in [3.63, 3.8) is 0 Å². The molecule has 0 aromatic rings. The summed E-state index contributed by atoms with van der Waals surface area (Å²) in [6.07, 6.45) is 7.25. The van der Waals surface area contributed by atoms with Gasteiger partial charge in [-0.15, -0.1) is 0 Å². The molecule has 3 nitrogen and oxygen atoms in total. The van der Waals surface area contributed by atoms with Crippen LogP contribution in [0.4, 0.5) is 0 Å². The number of nitrogens with zero attached hydrogens (tertiary/aromatic N) is 1. The third-order valence-electron chi connectivity index (χ3n) is 3.80. The first kappa shape index (κ1) is 10.7. The van der Waals surface area contributed by atoms with E-state index in [9.17, 15) is 9.59 Å². The summed E-state index contributed by atoms with van der Waals surface area (Å²) in [5.41, 5.74) is 0. The molecule has 3 heteroatoms. The van der Waals surface area contributed by atoms with E-state index in [1.54, 1.807) is 0 Å². The molecule has 0 aromatic carbocycles. The smallest absolute Gasteiger partial charge is 0.226 e. The van der Waals surface area contributed by atoms with Gasteiger partial charge in [0.1, 0.15) is 6.29 Å². The zero-order valence-corrected chi connectivity index (χ0v) is 9.32. The Balaban J connectivity index is 2.18. The van der Waals surface area contributed by atoms with Gasteiger partial charge in [-0.1, -0.05) is 19.8 Å². The molecule has 2 heterocycles. The average Bonchev–Trinajstić information content (AvgIpc) is 2.63. The van der Waals surface area contributed by atoms with Crippen LogP contribution in [0.3, 0.4) is 0 Å². The Morgan fingerprint density at radius 1 is 1.20 bits per heavy atom. The minimum absolute atomic E-state index is 0.105. The van der Waals surface area contributed by atoms with Crippen molar-refractivity contribution in [1.82, 2.24) is 4.90 Å². The maximum atomic E-state index is 12.1. The van der Waals surface area contributed by atoms with Crippen LogP contribution >= 0.6 is 0 Å². The fraction of sp³-hybridized carbons (Fsp3) is 0.833. The van der Waals surface area contributed by atoms with Crippen molar-refractivity contribution in [2.45, 2.75) is 57.5 Å². The fourth-order valence-electron chi connectivity index (χ4n) is 2.88. The molecule has 0 unspecified atom stereocenters. The monoisotopic (exact) mass is 209 g/mol. The number of amides is 1. The first-order valence-corrected chi connectivity index (χ1v) is 6.01. The largest absolute Gasteiger partial charge is 0.330 e. The number of hydrogen-bond donors (Lipinski definition) is 0. The van der Waals surface area contributed by atoms with E-state index in [1.807, 2.05) is 11.8 Å². The highest BCUT2D eigenvalue weighted by atomic mass is 16.2. The van der Waals surface area contributed by atoms with E-state index in [0.29, 0.717) is 6.04 Å². The lowest BCUT2D eigenvalue weighted by atomic mass is 9.95. The molecule has 84 valence electrons. The van der Waals surface area contributed by atoms with Gasteiger partial charge >= 0.3 is 0 Å². The van der Waals surface area contributed by atoms with Crippen LogP contribution < -0.4 is 0 Å². The zero-order valence-electron chi connectivity index (χ0n) is 9.32. The summed E-state index contributed by atoms with van der Waals surface area (Å²) in [5, 5.41) is 0. The summed E-state index contributed by atoms with van der Waals surface area (Å²) < 4.78 is 0. The predicted molar refractivity (Wildman–Crippen MR) is 57.4 cm³/mol. The second kappa shape index (κ2) is 4.33. The number of rotatable bonds is 1. The van der Waals surface area contributed by atoms with Gasteiger partial charge in [0.05, 0.1) is 6.04 Å². The lowest BCUT2D eigenvalue weighted by molar-refractivity contribution is -0.141. The summed E-state index contributed by atoms with van der Waals surface area (Å²) in [6.45, 7) is 1.99. The van der Waals surface area contributed by atoms with Crippen molar-refractivity contribution in [1.29, 1.82) is 0 Å². The van der Waals surface area contributed by atoms with Crippen molar-refractivity contribution < 1.29 is 9.59 Å². The summed E-state index contributed by atoms with van der Waals surface area (Å²) >= 11 is 0. The van der Waals surface area contributed by atoms with Gasteiger partial charge in [0, 0.05) is 12.0 Å². The molecule has 15 heavy (non-hydrogen) atoms. The minimum atomic E-state index is -0.136. The fourth-order valence-corrected chi connectivity index (χ4v) is 2.88. The number of carbonyl (C=O) groups is 2. The van der Waals surface area contributed by atoms with Crippen LogP contribution in [0.1, 0.15) is 45.4 Å². The quantitative estimate of drug-likeness (QED) is 0.617.